The minimum atomic E-state index is -0.250. The van der Waals surface area contributed by atoms with Crippen molar-refractivity contribution in [2.75, 3.05) is 27.3 Å². The first-order valence-corrected chi connectivity index (χ1v) is 8.15. The average molecular weight is 354 g/mol. The molecule has 26 heavy (non-hydrogen) atoms. The molecule has 0 radical (unpaired) electrons. The molecule has 0 aliphatic carbocycles. The highest BCUT2D eigenvalue weighted by Gasteiger charge is 2.10. The number of carbonyl (C=O) groups is 2. The van der Waals surface area contributed by atoms with Crippen LogP contribution in [0.25, 0.3) is 6.08 Å². The summed E-state index contributed by atoms with van der Waals surface area (Å²) in [6.07, 6.45) is 3.20. The molecule has 0 atom stereocenters. The van der Waals surface area contributed by atoms with E-state index in [4.69, 9.17) is 9.47 Å². The Kier molecular flexibility index (Phi) is 7.24. The number of carbonyl (C=O) groups excluding carboxylic acids is 2. The molecular formula is C20H22N2O4. The van der Waals surface area contributed by atoms with Crippen molar-refractivity contribution in [3.63, 3.8) is 0 Å². The molecule has 0 fully saturated rings. The second-order valence-corrected chi connectivity index (χ2v) is 5.36. The van der Waals surface area contributed by atoms with E-state index in [2.05, 4.69) is 10.6 Å². The van der Waals surface area contributed by atoms with Crippen LogP contribution in [0.4, 0.5) is 0 Å². The van der Waals surface area contributed by atoms with E-state index in [-0.39, 0.29) is 11.8 Å². The van der Waals surface area contributed by atoms with Gasteiger partial charge in [0.25, 0.3) is 5.91 Å². The minimum absolute atomic E-state index is 0.214. The smallest absolute Gasteiger partial charge is 0.251 e. The van der Waals surface area contributed by atoms with Gasteiger partial charge in [-0.1, -0.05) is 30.3 Å². The van der Waals surface area contributed by atoms with Crippen LogP contribution in [0, 0.1) is 0 Å². The molecule has 0 aromatic heterocycles. The second-order valence-electron chi connectivity index (χ2n) is 5.36. The van der Waals surface area contributed by atoms with Crippen LogP contribution in [-0.4, -0.2) is 39.1 Å². The molecule has 0 saturated heterocycles. The maximum atomic E-state index is 12.1. The number of hydrogen-bond donors (Lipinski definition) is 2. The van der Waals surface area contributed by atoms with Gasteiger partial charge in [-0.2, -0.15) is 0 Å². The summed E-state index contributed by atoms with van der Waals surface area (Å²) in [5.41, 5.74) is 1.40. The van der Waals surface area contributed by atoms with E-state index < -0.39 is 0 Å². The summed E-state index contributed by atoms with van der Waals surface area (Å²) in [7, 11) is 3.05. The molecule has 2 N–H and O–H groups in total. The molecule has 2 aromatic carbocycles. The fourth-order valence-electron chi connectivity index (χ4n) is 2.24. The van der Waals surface area contributed by atoms with Crippen molar-refractivity contribution in [2.45, 2.75) is 0 Å². The molecule has 0 heterocycles. The average Bonchev–Trinajstić information content (AvgIpc) is 2.69. The van der Waals surface area contributed by atoms with Gasteiger partial charge >= 0.3 is 0 Å². The van der Waals surface area contributed by atoms with Crippen LogP contribution in [0.5, 0.6) is 11.5 Å². The van der Waals surface area contributed by atoms with Gasteiger partial charge < -0.3 is 20.1 Å². The van der Waals surface area contributed by atoms with Crippen LogP contribution >= 0.6 is 0 Å². The highest BCUT2D eigenvalue weighted by Crippen LogP contribution is 2.27. The summed E-state index contributed by atoms with van der Waals surface area (Å²) >= 11 is 0. The number of benzene rings is 2. The van der Waals surface area contributed by atoms with E-state index in [1.807, 2.05) is 30.3 Å². The maximum absolute atomic E-state index is 12.1. The summed E-state index contributed by atoms with van der Waals surface area (Å²) in [5, 5.41) is 5.46. The zero-order valence-electron chi connectivity index (χ0n) is 14.8. The molecule has 0 unspecified atom stereocenters. The Morgan fingerprint density at radius 3 is 2.31 bits per heavy atom. The maximum Gasteiger partial charge on any atom is 0.251 e. The van der Waals surface area contributed by atoms with Gasteiger partial charge in [0.2, 0.25) is 5.91 Å². The van der Waals surface area contributed by atoms with Crippen LogP contribution in [-0.2, 0) is 4.79 Å². The number of nitrogens with one attached hydrogen (secondary N) is 2. The van der Waals surface area contributed by atoms with Crippen LogP contribution in [0.3, 0.4) is 0 Å². The van der Waals surface area contributed by atoms with Crippen molar-refractivity contribution in [1.29, 1.82) is 0 Å². The first kappa shape index (κ1) is 19.1. The molecule has 0 saturated carbocycles. The quantitative estimate of drug-likeness (QED) is 0.563. The van der Waals surface area contributed by atoms with Crippen molar-refractivity contribution in [2.24, 2.45) is 0 Å². The van der Waals surface area contributed by atoms with Crippen molar-refractivity contribution in [3.8, 4) is 11.5 Å². The van der Waals surface area contributed by atoms with Gasteiger partial charge in [-0.3, -0.25) is 9.59 Å². The van der Waals surface area contributed by atoms with E-state index in [0.717, 1.165) is 5.56 Å². The standard InChI is InChI=1S/C20H22N2O4/c1-25-17-10-9-16(14-18(17)26-2)20(24)22-13-12-21-19(23)11-8-15-6-4-3-5-7-15/h3-11,14H,12-13H2,1-2H3,(H,21,23)(H,22,24)/b11-8+. The molecule has 6 nitrogen and oxygen atoms in total. The van der Waals surface area contributed by atoms with Gasteiger partial charge in [0, 0.05) is 24.7 Å². The van der Waals surface area contributed by atoms with Crippen molar-refractivity contribution >= 4 is 17.9 Å². The van der Waals surface area contributed by atoms with E-state index in [1.165, 1.54) is 20.3 Å². The van der Waals surface area contributed by atoms with E-state index >= 15 is 0 Å². The monoisotopic (exact) mass is 354 g/mol. The van der Waals surface area contributed by atoms with Crippen molar-refractivity contribution < 1.29 is 19.1 Å². The Labute approximate surface area is 152 Å². The van der Waals surface area contributed by atoms with Gasteiger partial charge in [0.05, 0.1) is 14.2 Å². The molecule has 0 aliphatic rings. The van der Waals surface area contributed by atoms with Crippen LogP contribution in [0.1, 0.15) is 15.9 Å². The number of ether oxygens (including phenoxy) is 2. The molecular weight excluding hydrogens is 332 g/mol. The fraction of sp³-hybridized carbons (Fsp3) is 0.200. The second kappa shape index (κ2) is 9.88. The first-order valence-electron chi connectivity index (χ1n) is 8.15. The largest absolute Gasteiger partial charge is 0.493 e. The third-order valence-corrected chi connectivity index (χ3v) is 3.58. The number of amides is 2. The molecule has 136 valence electrons. The van der Waals surface area contributed by atoms with Gasteiger partial charge in [-0.05, 0) is 29.8 Å². The summed E-state index contributed by atoms with van der Waals surface area (Å²) in [6.45, 7) is 0.648. The number of rotatable bonds is 8. The normalized spacial score (nSPS) is 10.4. The summed E-state index contributed by atoms with van der Waals surface area (Å²) in [5.74, 6) is 0.579. The lowest BCUT2D eigenvalue weighted by Crippen LogP contribution is -2.34. The predicted octanol–water partition coefficient (Wildman–Crippen LogP) is 2.26. The summed E-state index contributed by atoms with van der Waals surface area (Å²) < 4.78 is 10.3. The van der Waals surface area contributed by atoms with Crippen LogP contribution in [0.15, 0.2) is 54.6 Å². The van der Waals surface area contributed by atoms with Gasteiger partial charge in [0.1, 0.15) is 0 Å². The predicted molar refractivity (Wildman–Crippen MR) is 100 cm³/mol. The molecule has 2 aromatic rings. The van der Waals surface area contributed by atoms with E-state index in [1.54, 1.807) is 24.3 Å². The molecule has 0 aliphatic heterocycles. The Morgan fingerprint density at radius 1 is 0.923 bits per heavy atom. The summed E-state index contributed by atoms with van der Waals surface area (Å²) in [4.78, 5) is 23.9. The lowest BCUT2D eigenvalue weighted by molar-refractivity contribution is -0.116. The Bertz CT molecular complexity index is 773. The van der Waals surface area contributed by atoms with Crippen molar-refractivity contribution in [1.82, 2.24) is 10.6 Å². The van der Waals surface area contributed by atoms with Gasteiger partial charge in [-0.25, -0.2) is 0 Å². The SMILES string of the molecule is COc1ccc(C(=O)NCCNC(=O)/C=C/c2ccccc2)cc1OC. The Hall–Kier alpha value is -3.28. The highest BCUT2D eigenvalue weighted by atomic mass is 16.5. The molecule has 0 spiro atoms. The zero-order chi connectivity index (χ0) is 18.8. The molecule has 2 amide bonds. The molecule has 2 rings (SSSR count). The van der Waals surface area contributed by atoms with Crippen molar-refractivity contribution in [3.05, 3.63) is 65.7 Å². The van der Waals surface area contributed by atoms with Crippen LogP contribution < -0.4 is 20.1 Å². The topological polar surface area (TPSA) is 76.7 Å². The lowest BCUT2D eigenvalue weighted by Gasteiger charge is -2.10. The van der Waals surface area contributed by atoms with Gasteiger partial charge in [0.15, 0.2) is 11.5 Å². The van der Waals surface area contributed by atoms with E-state index in [0.29, 0.717) is 30.2 Å². The molecule has 0 bridgehead atoms. The minimum Gasteiger partial charge on any atom is -0.493 e. The first-order chi connectivity index (χ1) is 12.6. The van der Waals surface area contributed by atoms with E-state index in [9.17, 15) is 9.59 Å². The number of hydrogen-bond acceptors (Lipinski definition) is 4. The fourth-order valence-corrected chi connectivity index (χ4v) is 2.24. The van der Waals surface area contributed by atoms with Crippen LogP contribution in [0.2, 0.25) is 0 Å². The third kappa shape index (κ3) is 5.66. The lowest BCUT2D eigenvalue weighted by atomic mass is 10.2. The Balaban J connectivity index is 1.76. The zero-order valence-corrected chi connectivity index (χ0v) is 14.8. The summed E-state index contributed by atoms with van der Waals surface area (Å²) in [6, 6.07) is 14.5. The highest BCUT2D eigenvalue weighted by molar-refractivity contribution is 5.95. The third-order valence-electron chi connectivity index (χ3n) is 3.58. The molecule has 6 heteroatoms. The number of methoxy groups -OCH3 is 2. The Morgan fingerprint density at radius 2 is 1.62 bits per heavy atom. The van der Waals surface area contributed by atoms with Gasteiger partial charge in [-0.15, -0.1) is 0 Å².